The minimum Gasteiger partial charge on any atom is -0.387 e. The predicted octanol–water partition coefficient (Wildman–Crippen LogP) is 0.675. The molecule has 0 aliphatic heterocycles. The van der Waals surface area contributed by atoms with Crippen LogP contribution in [0.5, 0.6) is 0 Å². The zero-order chi connectivity index (χ0) is 9.68. The number of nitrogens with zero attached hydrogens (tertiary/aromatic N) is 2. The summed E-state index contributed by atoms with van der Waals surface area (Å²) in [7, 11) is 0. The summed E-state index contributed by atoms with van der Waals surface area (Å²) in [4.78, 5) is 4.01. The zero-order valence-electron chi connectivity index (χ0n) is 7.98. The zero-order valence-corrected chi connectivity index (χ0v) is 7.98. The van der Waals surface area contributed by atoms with Gasteiger partial charge in [0.05, 0.1) is 24.3 Å². The molecule has 3 N–H and O–H groups in total. The molecule has 1 unspecified atom stereocenters. The third-order valence-corrected chi connectivity index (χ3v) is 1.99. The highest BCUT2D eigenvalue weighted by molar-refractivity contribution is 5.02. The predicted molar refractivity (Wildman–Crippen MR) is 51.1 cm³/mol. The topological polar surface area (TPSA) is 64.1 Å². The standard InChI is InChI=1S/C9H17N3O/c1-2-5-12-7-11-6-8(12)9(13)3-4-10/h6-7,9,13H,2-5,10H2,1H3. The van der Waals surface area contributed by atoms with Gasteiger partial charge in [-0.15, -0.1) is 0 Å². The van der Waals surface area contributed by atoms with E-state index in [1.807, 2.05) is 4.57 Å². The Kier molecular flexibility index (Phi) is 3.92. The number of rotatable bonds is 5. The van der Waals surface area contributed by atoms with Crippen molar-refractivity contribution in [2.24, 2.45) is 5.73 Å². The smallest absolute Gasteiger partial charge is 0.0967 e. The molecule has 0 radical (unpaired) electrons. The van der Waals surface area contributed by atoms with Crippen LogP contribution in [0.4, 0.5) is 0 Å². The molecule has 74 valence electrons. The van der Waals surface area contributed by atoms with Crippen molar-refractivity contribution in [1.82, 2.24) is 9.55 Å². The largest absolute Gasteiger partial charge is 0.387 e. The lowest BCUT2D eigenvalue weighted by molar-refractivity contribution is 0.160. The second kappa shape index (κ2) is 4.99. The van der Waals surface area contributed by atoms with Crippen molar-refractivity contribution in [3.8, 4) is 0 Å². The Morgan fingerprint density at radius 1 is 1.69 bits per heavy atom. The quantitative estimate of drug-likeness (QED) is 0.705. The first kappa shape index (κ1) is 10.2. The Hall–Kier alpha value is -0.870. The van der Waals surface area contributed by atoms with Crippen molar-refractivity contribution < 1.29 is 5.11 Å². The van der Waals surface area contributed by atoms with Crippen LogP contribution >= 0.6 is 0 Å². The fourth-order valence-corrected chi connectivity index (χ4v) is 1.34. The fraction of sp³-hybridized carbons (Fsp3) is 0.667. The van der Waals surface area contributed by atoms with Gasteiger partial charge in [0, 0.05) is 6.54 Å². The Bertz CT molecular complexity index is 247. The molecular weight excluding hydrogens is 166 g/mol. The highest BCUT2D eigenvalue weighted by Gasteiger charge is 2.10. The van der Waals surface area contributed by atoms with Crippen molar-refractivity contribution in [2.75, 3.05) is 6.54 Å². The number of aliphatic hydroxyl groups excluding tert-OH is 1. The summed E-state index contributed by atoms with van der Waals surface area (Å²) in [6, 6.07) is 0. The van der Waals surface area contributed by atoms with Crippen molar-refractivity contribution in [3.63, 3.8) is 0 Å². The number of imidazole rings is 1. The van der Waals surface area contributed by atoms with Crippen LogP contribution in [0, 0.1) is 0 Å². The summed E-state index contributed by atoms with van der Waals surface area (Å²) < 4.78 is 1.97. The third kappa shape index (κ3) is 2.54. The van der Waals surface area contributed by atoms with E-state index in [1.165, 1.54) is 0 Å². The summed E-state index contributed by atoms with van der Waals surface area (Å²) in [6.45, 7) is 3.49. The van der Waals surface area contributed by atoms with Crippen LogP contribution in [0.15, 0.2) is 12.5 Å². The summed E-state index contributed by atoms with van der Waals surface area (Å²) in [5.74, 6) is 0. The molecule has 0 aliphatic carbocycles. The lowest BCUT2D eigenvalue weighted by Gasteiger charge is -2.11. The minimum atomic E-state index is -0.473. The number of nitrogens with two attached hydrogens (primary N) is 1. The lowest BCUT2D eigenvalue weighted by atomic mass is 10.2. The van der Waals surface area contributed by atoms with Gasteiger partial charge in [-0.25, -0.2) is 4.98 Å². The van der Waals surface area contributed by atoms with Crippen LogP contribution < -0.4 is 5.73 Å². The Labute approximate surface area is 78.4 Å². The van der Waals surface area contributed by atoms with Gasteiger partial charge in [0.1, 0.15) is 0 Å². The molecule has 0 saturated carbocycles. The van der Waals surface area contributed by atoms with E-state index < -0.39 is 6.10 Å². The average molecular weight is 183 g/mol. The van der Waals surface area contributed by atoms with Crippen LogP contribution in [-0.4, -0.2) is 21.2 Å². The molecule has 4 nitrogen and oxygen atoms in total. The van der Waals surface area contributed by atoms with Crippen molar-refractivity contribution in [3.05, 3.63) is 18.2 Å². The van der Waals surface area contributed by atoms with Crippen molar-refractivity contribution in [2.45, 2.75) is 32.4 Å². The van der Waals surface area contributed by atoms with Crippen LogP contribution in [0.25, 0.3) is 0 Å². The average Bonchev–Trinajstić information content (AvgIpc) is 2.54. The Morgan fingerprint density at radius 2 is 2.46 bits per heavy atom. The SMILES string of the molecule is CCCn1cncc1C(O)CCN. The van der Waals surface area contributed by atoms with E-state index in [0.717, 1.165) is 18.7 Å². The first-order chi connectivity index (χ1) is 6.29. The molecule has 1 atom stereocenters. The molecule has 0 bridgehead atoms. The van der Waals surface area contributed by atoms with E-state index >= 15 is 0 Å². The monoisotopic (exact) mass is 183 g/mol. The van der Waals surface area contributed by atoms with E-state index in [-0.39, 0.29) is 0 Å². The molecule has 0 fully saturated rings. The maximum Gasteiger partial charge on any atom is 0.0967 e. The highest BCUT2D eigenvalue weighted by Crippen LogP contribution is 2.15. The van der Waals surface area contributed by atoms with Crippen LogP contribution in [0.3, 0.4) is 0 Å². The van der Waals surface area contributed by atoms with Crippen LogP contribution in [0.1, 0.15) is 31.6 Å². The number of hydrogen-bond donors (Lipinski definition) is 2. The summed E-state index contributed by atoms with van der Waals surface area (Å²) in [6.07, 6.45) is 4.61. The van der Waals surface area contributed by atoms with Gasteiger partial charge in [-0.2, -0.15) is 0 Å². The molecule has 0 spiro atoms. The Balaban J connectivity index is 2.68. The van der Waals surface area contributed by atoms with Gasteiger partial charge >= 0.3 is 0 Å². The second-order valence-corrected chi connectivity index (χ2v) is 3.11. The number of hydrogen-bond acceptors (Lipinski definition) is 3. The van der Waals surface area contributed by atoms with Gasteiger partial charge < -0.3 is 15.4 Å². The van der Waals surface area contributed by atoms with E-state index in [0.29, 0.717) is 13.0 Å². The molecule has 1 rings (SSSR count). The van der Waals surface area contributed by atoms with Gasteiger partial charge in [-0.1, -0.05) is 6.92 Å². The van der Waals surface area contributed by atoms with Gasteiger partial charge in [-0.3, -0.25) is 0 Å². The first-order valence-corrected chi connectivity index (χ1v) is 4.67. The Morgan fingerprint density at radius 3 is 3.08 bits per heavy atom. The summed E-state index contributed by atoms with van der Waals surface area (Å²) in [5, 5.41) is 9.68. The van der Waals surface area contributed by atoms with Crippen molar-refractivity contribution in [1.29, 1.82) is 0 Å². The van der Waals surface area contributed by atoms with Gasteiger partial charge in [-0.05, 0) is 19.4 Å². The van der Waals surface area contributed by atoms with E-state index in [2.05, 4.69) is 11.9 Å². The van der Waals surface area contributed by atoms with Crippen LogP contribution in [0.2, 0.25) is 0 Å². The van der Waals surface area contributed by atoms with Gasteiger partial charge in [0.25, 0.3) is 0 Å². The molecule has 0 amide bonds. The van der Waals surface area contributed by atoms with E-state index in [4.69, 9.17) is 5.73 Å². The minimum absolute atomic E-state index is 0.473. The third-order valence-electron chi connectivity index (χ3n) is 1.99. The van der Waals surface area contributed by atoms with Gasteiger partial charge in [0.2, 0.25) is 0 Å². The lowest BCUT2D eigenvalue weighted by Crippen LogP contribution is -2.11. The van der Waals surface area contributed by atoms with E-state index in [9.17, 15) is 5.11 Å². The molecule has 1 heterocycles. The molecule has 13 heavy (non-hydrogen) atoms. The highest BCUT2D eigenvalue weighted by atomic mass is 16.3. The fourth-order valence-electron chi connectivity index (χ4n) is 1.34. The molecular formula is C9H17N3O. The molecule has 1 aromatic heterocycles. The normalized spacial score (nSPS) is 13.2. The molecule has 1 aromatic rings. The molecule has 0 saturated heterocycles. The molecule has 4 heteroatoms. The van der Waals surface area contributed by atoms with E-state index in [1.54, 1.807) is 12.5 Å². The maximum absolute atomic E-state index is 9.68. The maximum atomic E-state index is 9.68. The number of aromatic nitrogens is 2. The second-order valence-electron chi connectivity index (χ2n) is 3.11. The number of aliphatic hydroxyl groups is 1. The van der Waals surface area contributed by atoms with Gasteiger partial charge in [0.15, 0.2) is 0 Å². The number of aryl methyl sites for hydroxylation is 1. The van der Waals surface area contributed by atoms with Crippen LogP contribution in [-0.2, 0) is 6.54 Å². The summed E-state index contributed by atoms with van der Waals surface area (Å²) >= 11 is 0. The van der Waals surface area contributed by atoms with Crippen molar-refractivity contribution >= 4 is 0 Å². The summed E-state index contributed by atoms with van der Waals surface area (Å²) in [5.41, 5.74) is 6.24. The first-order valence-electron chi connectivity index (χ1n) is 4.67. The molecule has 0 aliphatic rings. The molecule has 0 aromatic carbocycles.